The normalized spacial score (nSPS) is 10.2. The van der Waals surface area contributed by atoms with Gasteiger partial charge in [0.2, 0.25) is 0 Å². The Labute approximate surface area is 108 Å². The van der Waals surface area contributed by atoms with Crippen LogP contribution in [-0.4, -0.2) is 11.1 Å². The van der Waals surface area contributed by atoms with Crippen LogP contribution >= 0.6 is 0 Å². The minimum atomic E-state index is -1.22. The van der Waals surface area contributed by atoms with Crippen LogP contribution in [0.3, 0.4) is 0 Å². The van der Waals surface area contributed by atoms with Gasteiger partial charge in [0.05, 0.1) is 11.3 Å². The van der Waals surface area contributed by atoms with E-state index in [2.05, 4.69) is 5.32 Å². The van der Waals surface area contributed by atoms with Crippen LogP contribution in [0.5, 0.6) is 0 Å². The number of aromatic carboxylic acids is 1. The molecular weight excluding hydrogens is 252 g/mol. The summed E-state index contributed by atoms with van der Waals surface area (Å²) in [5.41, 5.74) is 0.343. The summed E-state index contributed by atoms with van der Waals surface area (Å²) in [5, 5.41) is 11.6. The number of carbonyl (C=O) groups is 1. The lowest BCUT2D eigenvalue weighted by Gasteiger charge is -2.10. The van der Waals surface area contributed by atoms with Gasteiger partial charge in [-0.1, -0.05) is 18.2 Å². The van der Waals surface area contributed by atoms with Crippen LogP contribution in [0.15, 0.2) is 42.5 Å². The number of benzene rings is 2. The van der Waals surface area contributed by atoms with Gasteiger partial charge in [-0.3, -0.25) is 0 Å². The van der Waals surface area contributed by atoms with Crippen molar-refractivity contribution in [3.05, 3.63) is 65.2 Å². The van der Waals surface area contributed by atoms with E-state index in [0.717, 1.165) is 0 Å². The second-order valence-corrected chi connectivity index (χ2v) is 3.95. The highest BCUT2D eigenvalue weighted by Crippen LogP contribution is 2.20. The Kier molecular flexibility index (Phi) is 3.75. The van der Waals surface area contributed by atoms with Gasteiger partial charge in [0.15, 0.2) is 0 Å². The summed E-state index contributed by atoms with van der Waals surface area (Å²) in [7, 11) is 0. The molecule has 2 rings (SSSR count). The molecule has 3 nitrogen and oxygen atoms in total. The number of halogens is 2. The lowest BCUT2D eigenvalue weighted by Crippen LogP contribution is -2.08. The molecule has 0 unspecified atom stereocenters. The summed E-state index contributed by atoms with van der Waals surface area (Å²) in [6.45, 7) is 0.138. The summed E-state index contributed by atoms with van der Waals surface area (Å²) in [5.74, 6) is -2.27. The Morgan fingerprint density at radius 1 is 1.16 bits per heavy atom. The summed E-state index contributed by atoms with van der Waals surface area (Å²) in [6.07, 6.45) is 0. The van der Waals surface area contributed by atoms with Gasteiger partial charge in [-0.15, -0.1) is 0 Å². The first-order valence-electron chi connectivity index (χ1n) is 5.58. The summed E-state index contributed by atoms with van der Waals surface area (Å²) in [6, 6.07) is 9.60. The molecule has 0 spiro atoms. The third-order valence-electron chi connectivity index (χ3n) is 2.60. The Bertz CT molecular complexity index is 614. The maximum Gasteiger partial charge on any atom is 0.337 e. The molecule has 2 aromatic carbocycles. The van der Waals surface area contributed by atoms with E-state index in [-0.39, 0.29) is 17.8 Å². The van der Waals surface area contributed by atoms with Crippen molar-refractivity contribution in [1.82, 2.24) is 0 Å². The molecule has 2 aromatic rings. The Morgan fingerprint density at radius 2 is 1.89 bits per heavy atom. The van der Waals surface area contributed by atoms with E-state index in [1.54, 1.807) is 6.07 Å². The number of carboxylic acid groups (broad SMARTS) is 1. The molecule has 0 aliphatic rings. The zero-order valence-electron chi connectivity index (χ0n) is 9.86. The maximum absolute atomic E-state index is 13.6. The van der Waals surface area contributed by atoms with E-state index in [1.165, 1.54) is 36.4 Å². The van der Waals surface area contributed by atoms with Gasteiger partial charge in [0, 0.05) is 6.54 Å². The van der Waals surface area contributed by atoms with Crippen molar-refractivity contribution in [2.45, 2.75) is 6.54 Å². The van der Waals surface area contributed by atoms with Gasteiger partial charge >= 0.3 is 5.97 Å². The average Bonchev–Trinajstić information content (AvgIpc) is 2.37. The number of nitrogens with one attached hydrogen (secondary N) is 1. The van der Waals surface area contributed by atoms with Gasteiger partial charge in [0.1, 0.15) is 11.6 Å². The molecule has 0 aliphatic heterocycles. The second kappa shape index (κ2) is 5.48. The molecule has 98 valence electrons. The van der Waals surface area contributed by atoms with Crippen molar-refractivity contribution in [2.75, 3.05) is 5.32 Å². The Hall–Kier alpha value is -2.43. The van der Waals surface area contributed by atoms with Gasteiger partial charge in [-0.25, -0.2) is 13.6 Å². The molecule has 5 heteroatoms. The first-order chi connectivity index (χ1) is 9.08. The third-order valence-corrected chi connectivity index (χ3v) is 2.60. The number of anilines is 1. The predicted octanol–water partition coefficient (Wildman–Crippen LogP) is 3.28. The van der Waals surface area contributed by atoms with Crippen molar-refractivity contribution in [2.24, 2.45) is 0 Å². The summed E-state index contributed by atoms with van der Waals surface area (Å²) in [4.78, 5) is 11.0. The Morgan fingerprint density at radius 3 is 2.58 bits per heavy atom. The summed E-state index contributed by atoms with van der Waals surface area (Å²) >= 11 is 0. The molecule has 2 N–H and O–H groups in total. The molecule has 0 saturated heterocycles. The maximum atomic E-state index is 13.6. The molecule has 0 aliphatic carbocycles. The van der Waals surface area contributed by atoms with Gasteiger partial charge in [-0.05, 0) is 29.8 Å². The smallest absolute Gasteiger partial charge is 0.337 e. The zero-order valence-corrected chi connectivity index (χ0v) is 9.86. The third kappa shape index (κ3) is 3.07. The lowest BCUT2D eigenvalue weighted by molar-refractivity contribution is 0.0697. The highest BCUT2D eigenvalue weighted by Gasteiger charge is 2.13. The minimum Gasteiger partial charge on any atom is -0.478 e. The van der Waals surface area contributed by atoms with Gasteiger partial charge in [0.25, 0.3) is 0 Å². The SMILES string of the molecule is O=C(O)c1cccc(F)c1NCc1cccc(F)c1. The van der Waals surface area contributed by atoms with Crippen molar-refractivity contribution in [1.29, 1.82) is 0 Å². The van der Waals surface area contributed by atoms with Crippen LogP contribution in [0, 0.1) is 11.6 Å². The average molecular weight is 263 g/mol. The van der Waals surface area contributed by atoms with Crippen LogP contribution in [0.25, 0.3) is 0 Å². The second-order valence-electron chi connectivity index (χ2n) is 3.95. The Balaban J connectivity index is 2.22. The molecule has 0 bridgehead atoms. The van der Waals surface area contributed by atoms with E-state index in [9.17, 15) is 13.6 Å². The van der Waals surface area contributed by atoms with E-state index < -0.39 is 17.6 Å². The fourth-order valence-corrected chi connectivity index (χ4v) is 1.72. The minimum absolute atomic E-state index is 0.0979. The van der Waals surface area contributed by atoms with Crippen molar-refractivity contribution in [3.63, 3.8) is 0 Å². The molecule has 0 aromatic heterocycles. The number of carboxylic acids is 1. The van der Waals surface area contributed by atoms with Gasteiger partial charge < -0.3 is 10.4 Å². The quantitative estimate of drug-likeness (QED) is 0.890. The van der Waals surface area contributed by atoms with Crippen LogP contribution in [0.1, 0.15) is 15.9 Å². The van der Waals surface area contributed by atoms with Crippen molar-refractivity contribution >= 4 is 11.7 Å². The monoisotopic (exact) mass is 263 g/mol. The molecular formula is C14H11F2NO2. The molecule has 0 atom stereocenters. The van der Waals surface area contributed by atoms with Crippen LogP contribution in [0.2, 0.25) is 0 Å². The van der Waals surface area contributed by atoms with E-state index >= 15 is 0 Å². The predicted molar refractivity (Wildman–Crippen MR) is 67.1 cm³/mol. The highest BCUT2D eigenvalue weighted by molar-refractivity contribution is 5.94. The van der Waals surface area contributed by atoms with Crippen molar-refractivity contribution < 1.29 is 18.7 Å². The number of hydrogen-bond donors (Lipinski definition) is 2. The molecule has 0 fully saturated rings. The summed E-state index contributed by atoms with van der Waals surface area (Å²) < 4.78 is 26.6. The van der Waals surface area contributed by atoms with Crippen LogP contribution < -0.4 is 5.32 Å². The largest absolute Gasteiger partial charge is 0.478 e. The highest BCUT2D eigenvalue weighted by atomic mass is 19.1. The van der Waals surface area contributed by atoms with Gasteiger partial charge in [-0.2, -0.15) is 0 Å². The standard InChI is InChI=1S/C14H11F2NO2/c15-10-4-1-3-9(7-10)8-17-13-11(14(18)19)5-2-6-12(13)16/h1-7,17H,8H2,(H,18,19). The number of hydrogen-bond acceptors (Lipinski definition) is 2. The van der Waals surface area contributed by atoms with E-state index in [4.69, 9.17) is 5.11 Å². The molecule has 0 heterocycles. The van der Waals surface area contributed by atoms with Crippen LogP contribution in [0.4, 0.5) is 14.5 Å². The fraction of sp³-hybridized carbons (Fsp3) is 0.0714. The van der Waals surface area contributed by atoms with Crippen LogP contribution in [-0.2, 0) is 6.54 Å². The molecule has 0 saturated carbocycles. The zero-order chi connectivity index (χ0) is 13.8. The first kappa shape index (κ1) is 13.0. The molecule has 0 amide bonds. The number of rotatable bonds is 4. The van der Waals surface area contributed by atoms with E-state index in [1.807, 2.05) is 0 Å². The molecule has 0 radical (unpaired) electrons. The topological polar surface area (TPSA) is 49.3 Å². The number of para-hydroxylation sites is 1. The first-order valence-corrected chi connectivity index (χ1v) is 5.58. The fourth-order valence-electron chi connectivity index (χ4n) is 1.72. The molecule has 19 heavy (non-hydrogen) atoms. The van der Waals surface area contributed by atoms with Crippen molar-refractivity contribution in [3.8, 4) is 0 Å². The lowest BCUT2D eigenvalue weighted by atomic mass is 10.1. The van der Waals surface area contributed by atoms with E-state index in [0.29, 0.717) is 5.56 Å².